The Hall–Kier alpha value is -0.0400. The Balaban J connectivity index is 1.63. The second-order valence-corrected chi connectivity index (χ2v) is 7.75. The third-order valence-electron chi connectivity index (χ3n) is 5.37. The SMILES string of the molecule is [CH2]CCCCCCCCCCCCCCCCCOC1C[CH]CC1. The Labute approximate surface area is 153 Å². The van der Waals surface area contributed by atoms with Gasteiger partial charge in [0.25, 0.3) is 0 Å². The molecule has 0 aromatic heterocycles. The minimum absolute atomic E-state index is 0.554. The quantitative estimate of drug-likeness (QED) is 0.232. The van der Waals surface area contributed by atoms with Crippen molar-refractivity contribution in [3.63, 3.8) is 0 Å². The third kappa shape index (κ3) is 14.3. The minimum atomic E-state index is 0.554. The topological polar surface area (TPSA) is 9.23 Å². The maximum Gasteiger partial charge on any atom is 0.0578 e. The molecule has 1 unspecified atom stereocenters. The lowest BCUT2D eigenvalue weighted by atomic mass is 10.0. The molecule has 1 saturated carbocycles. The molecule has 0 aromatic carbocycles. The van der Waals surface area contributed by atoms with Crippen molar-refractivity contribution in [1.82, 2.24) is 0 Å². The lowest BCUT2D eigenvalue weighted by Crippen LogP contribution is -2.08. The van der Waals surface area contributed by atoms with Gasteiger partial charge in [-0.3, -0.25) is 0 Å². The molecule has 0 spiro atoms. The summed E-state index contributed by atoms with van der Waals surface area (Å²) in [4.78, 5) is 0. The molecule has 0 bridgehead atoms. The van der Waals surface area contributed by atoms with Crippen LogP contribution in [0.25, 0.3) is 0 Å². The van der Waals surface area contributed by atoms with E-state index in [9.17, 15) is 0 Å². The van der Waals surface area contributed by atoms with Crippen LogP contribution in [0.5, 0.6) is 0 Å². The zero-order valence-electron chi connectivity index (χ0n) is 16.4. The highest BCUT2D eigenvalue weighted by atomic mass is 16.5. The summed E-state index contributed by atoms with van der Waals surface area (Å²) in [7, 11) is 0. The fraction of sp³-hybridized carbons (Fsp3) is 0.913. The van der Waals surface area contributed by atoms with Crippen molar-refractivity contribution < 1.29 is 4.74 Å². The predicted molar refractivity (Wildman–Crippen MR) is 107 cm³/mol. The molecule has 1 heteroatoms. The molecule has 1 aliphatic rings. The van der Waals surface area contributed by atoms with Crippen molar-refractivity contribution in [2.45, 2.75) is 128 Å². The second-order valence-electron chi connectivity index (χ2n) is 7.75. The van der Waals surface area contributed by atoms with E-state index < -0.39 is 0 Å². The van der Waals surface area contributed by atoms with Gasteiger partial charge in [-0.1, -0.05) is 103 Å². The van der Waals surface area contributed by atoms with Crippen LogP contribution >= 0.6 is 0 Å². The zero-order chi connectivity index (χ0) is 17.1. The van der Waals surface area contributed by atoms with Gasteiger partial charge in [-0.25, -0.2) is 0 Å². The molecule has 0 heterocycles. The van der Waals surface area contributed by atoms with Crippen LogP contribution < -0.4 is 0 Å². The van der Waals surface area contributed by atoms with Gasteiger partial charge in [0.1, 0.15) is 0 Å². The molecule has 0 aromatic rings. The first-order valence-corrected chi connectivity index (χ1v) is 11.2. The summed E-state index contributed by atoms with van der Waals surface area (Å²) in [5.74, 6) is 0. The molecule has 1 aliphatic carbocycles. The van der Waals surface area contributed by atoms with Gasteiger partial charge in [0, 0.05) is 6.61 Å². The molecule has 0 N–H and O–H groups in total. The maximum absolute atomic E-state index is 5.89. The summed E-state index contributed by atoms with van der Waals surface area (Å²) in [5.41, 5.74) is 0. The van der Waals surface area contributed by atoms with Gasteiger partial charge in [0.2, 0.25) is 0 Å². The highest BCUT2D eigenvalue weighted by Crippen LogP contribution is 2.20. The lowest BCUT2D eigenvalue weighted by molar-refractivity contribution is 0.0573. The summed E-state index contributed by atoms with van der Waals surface area (Å²) in [5, 5.41) is 0. The molecule has 0 saturated heterocycles. The number of rotatable bonds is 18. The van der Waals surface area contributed by atoms with E-state index in [1.54, 1.807) is 0 Å². The van der Waals surface area contributed by atoms with E-state index in [1.807, 2.05) is 0 Å². The highest BCUT2D eigenvalue weighted by Gasteiger charge is 2.14. The first-order valence-electron chi connectivity index (χ1n) is 11.2. The Kier molecular flexibility index (Phi) is 16.3. The molecule has 142 valence electrons. The normalized spacial score (nSPS) is 15.4. The minimum Gasteiger partial charge on any atom is -0.378 e. The Morgan fingerprint density at radius 2 is 1.12 bits per heavy atom. The summed E-state index contributed by atoms with van der Waals surface area (Å²) in [6.45, 7) is 4.89. The average molecular weight is 337 g/mol. The molecule has 0 aliphatic heterocycles. The Bertz CT molecular complexity index is 232. The van der Waals surface area contributed by atoms with Crippen LogP contribution in [0.1, 0.15) is 122 Å². The smallest absolute Gasteiger partial charge is 0.0578 e. The molecule has 0 amide bonds. The first kappa shape index (κ1) is 22.0. The van der Waals surface area contributed by atoms with E-state index in [-0.39, 0.29) is 0 Å². The van der Waals surface area contributed by atoms with Gasteiger partial charge in [-0.05, 0) is 32.1 Å². The van der Waals surface area contributed by atoms with Gasteiger partial charge in [-0.15, -0.1) is 0 Å². The van der Waals surface area contributed by atoms with Gasteiger partial charge < -0.3 is 4.74 Å². The number of unbranched alkanes of at least 4 members (excludes halogenated alkanes) is 15. The van der Waals surface area contributed by atoms with Crippen LogP contribution in [0.3, 0.4) is 0 Å². The van der Waals surface area contributed by atoms with E-state index >= 15 is 0 Å². The maximum atomic E-state index is 5.89. The summed E-state index contributed by atoms with van der Waals surface area (Å²) in [6, 6.07) is 0. The van der Waals surface area contributed by atoms with E-state index in [0.717, 1.165) is 13.0 Å². The second kappa shape index (κ2) is 17.8. The van der Waals surface area contributed by atoms with Gasteiger partial charge >= 0.3 is 0 Å². The predicted octanol–water partition coefficient (Wildman–Crippen LogP) is 7.84. The summed E-state index contributed by atoms with van der Waals surface area (Å²) in [6.07, 6.45) is 29.1. The summed E-state index contributed by atoms with van der Waals surface area (Å²) >= 11 is 0. The van der Waals surface area contributed by atoms with Gasteiger partial charge in [-0.2, -0.15) is 0 Å². The largest absolute Gasteiger partial charge is 0.378 e. The van der Waals surface area contributed by atoms with Crippen molar-refractivity contribution in [2.75, 3.05) is 6.61 Å². The number of ether oxygens (including phenoxy) is 1. The monoisotopic (exact) mass is 336 g/mol. The van der Waals surface area contributed by atoms with Crippen LogP contribution in [-0.2, 0) is 4.74 Å². The van der Waals surface area contributed by atoms with Crippen LogP contribution in [0.2, 0.25) is 0 Å². The summed E-state index contributed by atoms with van der Waals surface area (Å²) < 4.78 is 5.89. The van der Waals surface area contributed by atoms with Crippen LogP contribution in [0.15, 0.2) is 0 Å². The van der Waals surface area contributed by atoms with Crippen molar-refractivity contribution in [3.05, 3.63) is 13.3 Å². The Morgan fingerprint density at radius 3 is 1.54 bits per heavy atom. The van der Waals surface area contributed by atoms with Crippen molar-refractivity contribution in [3.8, 4) is 0 Å². The molecule has 24 heavy (non-hydrogen) atoms. The van der Waals surface area contributed by atoms with Crippen LogP contribution in [0.4, 0.5) is 0 Å². The van der Waals surface area contributed by atoms with Crippen molar-refractivity contribution in [1.29, 1.82) is 0 Å². The standard InChI is InChI=1S/C23H44O/c1-2-3-4-5-6-7-8-9-10-11-12-13-14-15-16-19-22-24-23-20-17-18-21-23/h17,23H,1-16,18-22H2. The molecule has 1 atom stereocenters. The molecule has 2 radical (unpaired) electrons. The van der Waals surface area contributed by atoms with Crippen molar-refractivity contribution in [2.24, 2.45) is 0 Å². The molecular formula is C23H44O. The van der Waals surface area contributed by atoms with Crippen molar-refractivity contribution >= 4 is 0 Å². The number of hydrogen-bond donors (Lipinski definition) is 0. The van der Waals surface area contributed by atoms with E-state index in [2.05, 4.69) is 13.3 Å². The van der Waals surface area contributed by atoms with Crippen LogP contribution in [-0.4, -0.2) is 12.7 Å². The highest BCUT2D eigenvalue weighted by molar-refractivity contribution is 4.80. The lowest BCUT2D eigenvalue weighted by Gasteiger charge is -2.10. The average Bonchev–Trinajstić information content (AvgIpc) is 3.11. The van der Waals surface area contributed by atoms with Gasteiger partial charge in [0.15, 0.2) is 0 Å². The fourth-order valence-corrected chi connectivity index (χ4v) is 3.70. The molecular weight excluding hydrogens is 292 g/mol. The molecule has 1 rings (SSSR count). The molecule has 1 nitrogen and oxygen atoms in total. The van der Waals surface area contributed by atoms with Crippen LogP contribution in [0, 0.1) is 13.3 Å². The van der Waals surface area contributed by atoms with E-state index in [1.165, 1.54) is 116 Å². The Morgan fingerprint density at radius 1 is 0.667 bits per heavy atom. The number of hydrogen-bond acceptors (Lipinski definition) is 1. The fourth-order valence-electron chi connectivity index (χ4n) is 3.70. The first-order chi connectivity index (χ1) is 11.9. The zero-order valence-corrected chi connectivity index (χ0v) is 16.4. The van der Waals surface area contributed by atoms with E-state index in [0.29, 0.717) is 6.10 Å². The van der Waals surface area contributed by atoms with Gasteiger partial charge in [0.05, 0.1) is 6.10 Å². The van der Waals surface area contributed by atoms with E-state index in [4.69, 9.17) is 4.74 Å². The molecule has 1 fully saturated rings. The third-order valence-corrected chi connectivity index (χ3v) is 5.37.